The summed E-state index contributed by atoms with van der Waals surface area (Å²) in [6.45, 7) is 7.79. The first kappa shape index (κ1) is 16.4. The van der Waals surface area contributed by atoms with Crippen molar-refractivity contribution in [3.63, 3.8) is 0 Å². The molecule has 1 rings (SSSR count). The van der Waals surface area contributed by atoms with Crippen molar-refractivity contribution < 1.29 is 9.90 Å². The van der Waals surface area contributed by atoms with Crippen LogP contribution in [0, 0.1) is 0 Å². The Kier molecular flexibility index (Phi) is 8.73. The Morgan fingerprint density at radius 3 is 2.32 bits per heavy atom. The molecule has 6 nitrogen and oxygen atoms in total. The average Bonchev–Trinajstić information content (AvgIpc) is 2.36. The van der Waals surface area contributed by atoms with Gasteiger partial charge < -0.3 is 20.6 Å². The Labute approximate surface area is 116 Å². The summed E-state index contributed by atoms with van der Waals surface area (Å²) in [5.41, 5.74) is 0. The van der Waals surface area contributed by atoms with Crippen molar-refractivity contribution in [3.8, 4) is 0 Å². The molecule has 1 heterocycles. The van der Waals surface area contributed by atoms with E-state index in [1.807, 2.05) is 4.90 Å². The van der Waals surface area contributed by atoms with Gasteiger partial charge in [0.25, 0.3) is 0 Å². The first-order chi connectivity index (χ1) is 9.18. The fourth-order valence-electron chi connectivity index (χ4n) is 2.23. The van der Waals surface area contributed by atoms with Crippen LogP contribution in [0.3, 0.4) is 0 Å². The lowest BCUT2D eigenvalue weighted by atomic mass is 10.3. The fraction of sp³-hybridized carbons (Fsp3) is 0.923. The van der Waals surface area contributed by atoms with E-state index in [0.29, 0.717) is 0 Å². The molecule has 19 heavy (non-hydrogen) atoms. The molecule has 1 aliphatic heterocycles. The van der Waals surface area contributed by atoms with Gasteiger partial charge in [-0.1, -0.05) is 0 Å². The van der Waals surface area contributed by atoms with Gasteiger partial charge in [0.2, 0.25) is 0 Å². The van der Waals surface area contributed by atoms with E-state index in [9.17, 15) is 4.79 Å². The molecule has 0 spiro atoms. The van der Waals surface area contributed by atoms with Gasteiger partial charge in [-0.3, -0.25) is 9.69 Å². The number of hydrogen-bond acceptors (Lipinski definition) is 5. The van der Waals surface area contributed by atoms with Crippen LogP contribution in [0.1, 0.15) is 12.8 Å². The molecule has 1 fully saturated rings. The quantitative estimate of drug-likeness (QED) is 0.616. The maximum Gasteiger partial charge on any atom is 0.317 e. The van der Waals surface area contributed by atoms with E-state index in [-0.39, 0.29) is 6.54 Å². The van der Waals surface area contributed by atoms with Crippen molar-refractivity contribution in [1.82, 2.24) is 20.4 Å². The second-order valence-corrected chi connectivity index (χ2v) is 5.18. The van der Waals surface area contributed by atoms with Crippen molar-refractivity contribution in [2.45, 2.75) is 12.8 Å². The molecule has 0 aromatic rings. The van der Waals surface area contributed by atoms with Crippen LogP contribution in [0.4, 0.5) is 0 Å². The van der Waals surface area contributed by atoms with Crippen LogP contribution < -0.4 is 10.6 Å². The zero-order valence-electron chi connectivity index (χ0n) is 12.0. The molecule has 0 bridgehead atoms. The molecule has 0 aromatic heterocycles. The van der Waals surface area contributed by atoms with Gasteiger partial charge in [-0.15, -0.1) is 0 Å². The van der Waals surface area contributed by atoms with E-state index >= 15 is 0 Å². The molecule has 0 aromatic carbocycles. The molecule has 0 saturated carbocycles. The number of nitrogens with zero attached hydrogens (tertiary/aromatic N) is 2. The molecule has 3 N–H and O–H groups in total. The van der Waals surface area contributed by atoms with Crippen LogP contribution >= 0.6 is 0 Å². The summed E-state index contributed by atoms with van der Waals surface area (Å²) in [5, 5.41) is 15.7. The summed E-state index contributed by atoms with van der Waals surface area (Å²) < 4.78 is 0. The van der Waals surface area contributed by atoms with Gasteiger partial charge in [0.15, 0.2) is 0 Å². The van der Waals surface area contributed by atoms with Crippen molar-refractivity contribution in [1.29, 1.82) is 0 Å². The number of rotatable bonds is 2. The summed E-state index contributed by atoms with van der Waals surface area (Å²) >= 11 is 0. The van der Waals surface area contributed by atoms with Crippen molar-refractivity contribution >= 4 is 5.97 Å². The third-order valence-corrected chi connectivity index (χ3v) is 3.36. The molecular weight excluding hydrogens is 244 g/mol. The average molecular weight is 272 g/mol. The lowest BCUT2D eigenvalue weighted by Crippen LogP contribution is -2.39. The van der Waals surface area contributed by atoms with Gasteiger partial charge >= 0.3 is 5.97 Å². The molecule has 0 aliphatic carbocycles. The van der Waals surface area contributed by atoms with Crippen molar-refractivity contribution in [2.24, 2.45) is 0 Å². The molecule has 0 radical (unpaired) electrons. The molecular formula is C13H28N4O2. The normalized spacial score (nSPS) is 22.8. The van der Waals surface area contributed by atoms with Crippen LogP contribution in [0.5, 0.6) is 0 Å². The monoisotopic (exact) mass is 272 g/mol. The lowest BCUT2D eigenvalue weighted by molar-refractivity contribution is -0.138. The lowest BCUT2D eigenvalue weighted by Gasteiger charge is -2.22. The number of hydrogen-bond donors (Lipinski definition) is 3. The van der Waals surface area contributed by atoms with E-state index in [1.165, 1.54) is 0 Å². The molecule has 0 atom stereocenters. The van der Waals surface area contributed by atoms with E-state index in [0.717, 1.165) is 65.2 Å². The number of nitrogens with one attached hydrogen (secondary N) is 2. The Morgan fingerprint density at radius 1 is 1.00 bits per heavy atom. The fourth-order valence-corrected chi connectivity index (χ4v) is 2.23. The van der Waals surface area contributed by atoms with Gasteiger partial charge in [0, 0.05) is 26.2 Å². The van der Waals surface area contributed by atoms with Gasteiger partial charge in [-0.2, -0.15) is 0 Å². The van der Waals surface area contributed by atoms with E-state index in [1.54, 1.807) is 0 Å². The minimum atomic E-state index is -0.740. The van der Waals surface area contributed by atoms with Gasteiger partial charge in [0.1, 0.15) is 0 Å². The third kappa shape index (κ3) is 8.93. The van der Waals surface area contributed by atoms with Gasteiger partial charge in [0.05, 0.1) is 6.54 Å². The maximum absolute atomic E-state index is 10.8. The summed E-state index contributed by atoms with van der Waals surface area (Å²) in [7, 11) is 2.15. The largest absolute Gasteiger partial charge is 0.480 e. The SMILES string of the molecule is CN1CCCNCCN(CC(=O)O)CCCNCC1. The molecule has 1 aliphatic rings. The highest BCUT2D eigenvalue weighted by atomic mass is 16.4. The van der Waals surface area contributed by atoms with Crippen LogP contribution in [0.15, 0.2) is 0 Å². The predicted octanol–water partition coefficient (Wildman–Crippen LogP) is -0.722. The van der Waals surface area contributed by atoms with Gasteiger partial charge in [-0.25, -0.2) is 0 Å². The predicted molar refractivity (Wildman–Crippen MR) is 76.5 cm³/mol. The van der Waals surface area contributed by atoms with Crippen LogP contribution in [0.25, 0.3) is 0 Å². The van der Waals surface area contributed by atoms with Crippen LogP contribution in [0.2, 0.25) is 0 Å². The summed E-state index contributed by atoms with van der Waals surface area (Å²) in [4.78, 5) is 15.1. The molecule has 0 amide bonds. The Balaban J connectivity index is 2.31. The highest BCUT2D eigenvalue weighted by molar-refractivity contribution is 5.69. The first-order valence-corrected chi connectivity index (χ1v) is 7.22. The molecule has 6 heteroatoms. The molecule has 0 unspecified atom stereocenters. The van der Waals surface area contributed by atoms with Gasteiger partial charge in [-0.05, 0) is 46.1 Å². The Bertz CT molecular complexity index is 235. The zero-order chi connectivity index (χ0) is 13.9. The number of aliphatic carboxylic acids is 1. The van der Waals surface area contributed by atoms with E-state index < -0.39 is 5.97 Å². The zero-order valence-corrected chi connectivity index (χ0v) is 12.0. The molecule has 1 saturated heterocycles. The second kappa shape index (κ2) is 10.1. The summed E-state index contributed by atoms with van der Waals surface area (Å²) in [6, 6.07) is 0. The standard InChI is InChI=1S/C13H28N4O2/c1-16-8-2-4-15-7-11-17(12-13(18)19)9-3-5-14-6-10-16/h14-15H,2-12H2,1H3,(H,18,19). The van der Waals surface area contributed by atoms with Crippen molar-refractivity contribution in [3.05, 3.63) is 0 Å². The number of carboxylic acid groups (broad SMARTS) is 1. The first-order valence-electron chi connectivity index (χ1n) is 7.22. The third-order valence-electron chi connectivity index (χ3n) is 3.36. The highest BCUT2D eigenvalue weighted by Crippen LogP contribution is 1.92. The minimum absolute atomic E-state index is 0.143. The summed E-state index contributed by atoms with van der Waals surface area (Å²) in [6.07, 6.45) is 2.13. The topological polar surface area (TPSA) is 67.8 Å². The van der Waals surface area contributed by atoms with E-state index in [2.05, 4.69) is 22.6 Å². The second-order valence-electron chi connectivity index (χ2n) is 5.18. The Morgan fingerprint density at radius 2 is 1.63 bits per heavy atom. The Hall–Kier alpha value is -0.690. The number of carboxylic acids is 1. The number of carbonyl (C=O) groups is 1. The summed E-state index contributed by atoms with van der Waals surface area (Å²) in [5.74, 6) is -0.740. The number of likely N-dealkylation sites (N-methyl/N-ethyl adjacent to an activating group) is 1. The van der Waals surface area contributed by atoms with E-state index in [4.69, 9.17) is 5.11 Å². The minimum Gasteiger partial charge on any atom is -0.480 e. The van der Waals surface area contributed by atoms with Crippen LogP contribution in [-0.4, -0.2) is 86.8 Å². The van der Waals surface area contributed by atoms with Crippen molar-refractivity contribution in [2.75, 3.05) is 66.0 Å². The maximum atomic E-state index is 10.8. The smallest absolute Gasteiger partial charge is 0.317 e. The highest BCUT2D eigenvalue weighted by Gasteiger charge is 2.09. The molecule has 112 valence electrons. The van der Waals surface area contributed by atoms with Crippen LogP contribution in [-0.2, 0) is 4.79 Å².